The summed E-state index contributed by atoms with van der Waals surface area (Å²) in [5.41, 5.74) is 1.22. The lowest BCUT2D eigenvalue weighted by Crippen LogP contribution is -2.42. The molecular weight excluding hydrogens is 274 g/mol. The molecule has 110 valence electrons. The number of hydrogen-bond acceptors (Lipinski definition) is 4. The number of rotatable bonds is 2. The maximum absolute atomic E-state index is 11.8. The van der Waals surface area contributed by atoms with Gasteiger partial charge in [0, 0.05) is 12.3 Å². The monoisotopic (exact) mass is 295 g/mol. The summed E-state index contributed by atoms with van der Waals surface area (Å²) < 4.78 is 0. The highest BCUT2D eigenvalue weighted by molar-refractivity contribution is 8.00. The third-order valence-electron chi connectivity index (χ3n) is 3.41. The van der Waals surface area contributed by atoms with Crippen molar-refractivity contribution >= 4 is 17.7 Å². The van der Waals surface area contributed by atoms with Gasteiger partial charge in [0.2, 0.25) is 5.91 Å². The van der Waals surface area contributed by atoms with Crippen molar-refractivity contribution in [3.63, 3.8) is 0 Å². The second-order valence-corrected chi connectivity index (χ2v) is 7.30. The first-order chi connectivity index (χ1) is 9.30. The van der Waals surface area contributed by atoms with Crippen molar-refractivity contribution < 1.29 is 15.0 Å². The molecule has 1 aliphatic heterocycles. The van der Waals surface area contributed by atoms with Crippen LogP contribution in [0.2, 0.25) is 0 Å². The van der Waals surface area contributed by atoms with E-state index in [1.54, 1.807) is 18.2 Å². The molecule has 1 saturated heterocycles. The van der Waals surface area contributed by atoms with Crippen LogP contribution in [0.15, 0.2) is 18.2 Å². The second-order valence-electron chi connectivity index (χ2n) is 6.05. The molecule has 4 nitrogen and oxygen atoms in total. The van der Waals surface area contributed by atoms with Gasteiger partial charge in [-0.3, -0.25) is 4.79 Å². The predicted octanol–water partition coefficient (Wildman–Crippen LogP) is 1.95. The Bertz CT molecular complexity index is 510. The third kappa shape index (κ3) is 3.10. The summed E-state index contributed by atoms with van der Waals surface area (Å²) in [4.78, 5) is 11.8. The number of amides is 1. The van der Waals surface area contributed by atoms with Gasteiger partial charge in [-0.05, 0) is 28.7 Å². The van der Waals surface area contributed by atoms with E-state index in [1.807, 2.05) is 20.8 Å². The van der Waals surface area contributed by atoms with Gasteiger partial charge in [0.1, 0.15) is 11.0 Å². The maximum Gasteiger partial charge on any atom is 0.236 e. The number of hydrogen-bond donors (Lipinski definition) is 3. The summed E-state index contributed by atoms with van der Waals surface area (Å²) in [6.45, 7) is 6.65. The second kappa shape index (κ2) is 5.66. The Labute approximate surface area is 123 Å². The Morgan fingerprint density at radius 3 is 2.70 bits per heavy atom. The smallest absolute Gasteiger partial charge is 0.236 e. The lowest BCUT2D eigenvalue weighted by molar-refractivity contribution is -0.122. The van der Waals surface area contributed by atoms with Crippen LogP contribution in [0.3, 0.4) is 0 Å². The summed E-state index contributed by atoms with van der Waals surface area (Å²) in [6.07, 6.45) is -0.859. The minimum atomic E-state index is -0.859. The van der Waals surface area contributed by atoms with Gasteiger partial charge in [-0.1, -0.05) is 26.8 Å². The van der Waals surface area contributed by atoms with E-state index in [0.29, 0.717) is 12.1 Å². The Morgan fingerprint density at radius 2 is 2.10 bits per heavy atom. The van der Waals surface area contributed by atoms with Crippen molar-refractivity contribution in [3.8, 4) is 5.75 Å². The Kier molecular flexibility index (Phi) is 4.30. The minimum absolute atomic E-state index is 0.126. The predicted molar refractivity (Wildman–Crippen MR) is 81.0 cm³/mol. The maximum atomic E-state index is 11.8. The van der Waals surface area contributed by atoms with E-state index in [1.165, 1.54) is 11.8 Å². The first-order valence-corrected chi connectivity index (χ1v) is 7.76. The van der Waals surface area contributed by atoms with Gasteiger partial charge in [-0.2, -0.15) is 0 Å². The van der Waals surface area contributed by atoms with E-state index in [0.717, 1.165) is 11.3 Å². The Morgan fingerprint density at radius 1 is 1.40 bits per heavy atom. The number of aliphatic hydroxyl groups is 1. The van der Waals surface area contributed by atoms with Crippen molar-refractivity contribution in [1.82, 2.24) is 5.32 Å². The highest BCUT2D eigenvalue weighted by atomic mass is 32.2. The lowest BCUT2D eigenvalue weighted by Gasteiger charge is -2.27. The van der Waals surface area contributed by atoms with E-state index < -0.39 is 11.4 Å². The molecule has 1 aromatic carbocycles. The van der Waals surface area contributed by atoms with Crippen LogP contribution < -0.4 is 5.32 Å². The van der Waals surface area contributed by atoms with Crippen LogP contribution in [-0.2, 0) is 10.2 Å². The van der Waals surface area contributed by atoms with Crippen LogP contribution in [0, 0.1) is 0 Å². The van der Waals surface area contributed by atoms with Crippen LogP contribution in [0.1, 0.15) is 38.0 Å². The van der Waals surface area contributed by atoms with Gasteiger partial charge in [-0.15, -0.1) is 11.8 Å². The molecule has 2 rings (SSSR count). The summed E-state index contributed by atoms with van der Waals surface area (Å²) in [5.74, 6) is 0.894. The van der Waals surface area contributed by atoms with Crippen LogP contribution in [0.25, 0.3) is 0 Å². The topological polar surface area (TPSA) is 69.6 Å². The molecule has 5 heteroatoms. The molecule has 0 aromatic heterocycles. The number of carbonyl (C=O) groups is 1. The highest BCUT2D eigenvalue weighted by Crippen LogP contribution is 2.35. The number of aliphatic hydroxyl groups excluding tert-OH is 1. The largest absolute Gasteiger partial charge is 0.508 e. The van der Waals surface area contributed by atoms with Crippen LogP contribution >= 0.6 is 11.8 Å². The van der Waals surface area contributed by atoms with Gasteiger partial charge in [-0.25, -0.2) is 0 Å². The molecule has 0 radical (unpaired) electrons. The van der Waals surface area contributed by atoms with Crippen LogP contribution in [0.5, 0.6) is 5.75 Å². The van der Waals surface area contributed by atoms with E-state index in [9.17, 15) is 15.0 Å². The van der Waals surface area contributed by atoms with Crippen LogP contribution in [-0.4, -0.2) is 33.7 Å². The average Bonchev–Trinajstić information content (AvgIpc) is 2.37. The molecule has 2 unspecified atom stereocenters. The molecule has 1 aromatic rings. The molecule has 1 heterocycles. The van der Waals surface area contributed by atoms with Crippen molar-refractivity contribution in [2.75, 3.05) is 12.3 Å². The lowest BCUT2D eigenvalue weighted by atomic mass is 9.84. The molecule has 0 saturated carbocycles. The average molecular weight is 295 g/mol. The van der Waals surface area contributed by atoms with E-state index in [2.05, 4.69) is 5.32 Å². The van der Waals surface area contributed by atoms with Gasteiger partial charge in [0.15, 0.2) is 0 Å². The molecule has 3 N–H and O–H groups in total. The molecule has 20 heavy (non-hydrogen) atoms. The van der Waals surface area contributed by atoms with E-state index in [4.69, 9.17) is 0 Å². The fourth-order valence-corrected chi connectivity index (χ4v) is 3.33. The van der Waals surface area contributed by atoms with E-state index >= 15 is 0 Å². The molecule has 1 fully saturated rings. The molecule has 1 aliphatic rings. The summed E-state index contributed by atoms with van der Waals surface area (Å²) in [6, 6.07) is 5.06. The molecule has 1 amide bonds. The van der Waals surface area contributed by atoms with Crippen molar-refractivity contribution in [1.29, 1.82) is 0 Å². The normalized spacial score (nSPS) is 21.4. The number of benzene rings is 1. The Hall–Kier alpha value is -1.20. The fraction of sp³-hybridized carbons (Fsp3) is 0.533. The molecule has 0 aliphatic carbocycles. The van der Waals surface area contributed by atoms with Gasteiger partial charge in [0.05, 0.1) is 6.10 Å². The third-order valence-corrected chi connectivity index (χ3v) is 4.68. The molecule has 0 bridgehead atoms. The zero-order valence-corrected chi connectivity index (χ0v) is 12.8. The molecular formula is C15H21NO3S. The Balaban J connectivity index is 2.30. The fourth-order valence-electron chi connectivity index (χ4n) is 2.28. The summed E-state index contributed by atoms with van der Waals surface area (Å²) >= 11 is 1.47. The number of phenolic OH excluding ortho intramolecular Hbond substituents is 1. The van der Waals surface area contributed by atoms with Crippen molar-refractivity contribution in [3.05, 3.63) is 29.3 Å². The zero-order chi connectivity index (χ0) is 14.9. The number of thioether (sulfide) groups is 1. The number of phenols is 1. The number of carbonyl (C=O) groups excluding carboxylic acids is 1. The zero-order valence-electron chi connectivity index (χ0n) is 12.0. The summed E-state index contributed by atoms with van der Waals surface area (Å²) in [5, 5.41) is 22.7. The van der Waals surface area contributed by atoms with Crippen LogP contribution in [0.4, 0.5) is 0 Å². The van der Waals surface area contributed by atoms with Crippen molar-refractivity contribution in [2.45, 2.75) is 37.5 Å². The standard InChI is InChI=1S/C15H21NO3S/c1-15(2,3)10-8-9(4-5-11(10)17)12(18)13-14(19)16-6-7-20-13/h4-5,8,12-13,17-18H,6-7H2,1-3H3,(H,16,19). The van der Waals surface area contributed by atoms with Crippen molar-refractivity contribution in [2.24, 2.45) is 0 Å². The highest BCUT2D eigenvalue weighted by Gasteiger charge is 2.31. The first kappa shape index (κ1) is 15.2. The van der Waals surface area contributed by atoms with Gasteiger partial charge >= 0.3 is 0 Å². The first-order valence-electron chi connectivity index (χ1n) is 6.71. The quantitative estimate of drug-likeness (QED) is 0.780. The SMILES string of the molecule is CC(C)(C)c1cc(C(O)C2SCCNC2=O)ccc1O. The minimum Gasteiger partial charge on any atom is -0.508 e. The number of nitrogens with one attached hydrogen (secondary N) is 1. The molecule has 2 atom stereocenters. The molecule has 0 spiro atoms. The van der Waals surface area contributed by atoms with E-state index in [-0.39, 0.29) is 17.1 Å². The number of aromatic hydroxyl groups is 1. The summed E-state index contributed by atoms with van der Waals surface area (Å²) in [7, 11) is 0. The van der Waals surface area contributed by atoms with Gasteiger partial charge < -0.3 is 15.5 Å². The van der Waals surface area contributed by atoms with Gasteiger partial charge in [0.25, 0.3) is 0 Å².